The first-order valence-corrected chi connectivity index (χ1v) is 6.11. The molecule has 2 N–H and O–H groups in total. The van der Waals surface area contributed by atoms with Crippen LogP contribution < -0.4 is 5.14 Å². The lowest BCUT2D eigenvalue weighted by atomic mass is 10.3. The molecule has 0 atom stereocenters. The molecule has 0 heterocycles. The van der Waals surface area contributed by atoms with Gasteiger partial charge in [-0.3, -0.25) is 10.1 Å². The number of hydrogen-bond acceptors (Lipinski definition) is 4. The van der Waals surface area contributed by atoms with Gasteiger partial charge in [-0.15, -0.1) is 0 Å². The SMILES string of the molecule is NS(=O)(=O)c1cc([N+](=O)[O-])cc(Br)c1Cl. The average molecular weight is 316 g/mol. The predicted molar refractivity (Wildman–Crippen MR) is 57.2 cm³/mol. The van der Waals surface area contributed by atoms with Crippen molar-refractivity contribution in [3.05, 3.63) is 31.7 Å². The van der Waals surface area contributed by atoms with Crippen molar-refractivity contribution in [1.29, 1.82) is 0 Å². The Morgan fingerprint density at radius 1 is 1.47 bits per heavy atom. The molecule has 0 radical (unpaired) electrons. The van der Waals surface area contributed by atoms with Crippen LogP contribution in [0, 0.1) is 10.1 Å². The molecule has 0 aliphatic carbocycles. The molecule has 0 aromatic heterocycles. The average Bonchev–Trinajstić information content (AvgIpc) is 2.06. The van der Waals surface area contributed by atoms with Crippen LogP contribution in [0.2, 0.25) is 5.02 Å². The summed E-state index contributed by atoms with van der Waals surface area (Å²) in [5.74, 6) is 0. The highest BCUT2D eigenvalue weighted by Gasteiger charge is 2.20. The number of nitro benzene ring substituents is 1. The van der Waals surface area contributed by atoms with Crippen molar-refractivity contribution in [2.45, 2.75) is 4.90 Å². The number of nitrogens with two attached hydrogens (primary N) is 1. The first-order valence-electron chi connectivity index (χ1n) is 3.39. The Labute approximate surface area is 98.4 Å². The van der Waals surface area contributed by atoms with Crippen LogP contribution >= 0.6 is 27.5 Å². The summed E-state index contributed by atoms with van der Waals surface area (Å²) in [5.41, 5.74) is -0.407. The second-order valence-electron chi connectivity index (χ2n) is 2.54. The van der Waals surface area contributed by atoms with E-state index in [-0.39, 0.29) is 9.50 Å². The van der Waals surface area contributed by atoms with Crippen molar-refractivity contribution in [1.82, 2.24) is 0 Å². The van der Waals surface area contributed by atoms with E-state index in [1.54, 1.807) is 0 Å². The molecule has 0 saturated carbocycles. The molecule has 82 valence electrons. The third-order valence-corrected chi connectivity index (χ3v) is 3.80. The Hall–Kier alpha value is -0.700. The minimum Gasteiger partial charge on any atom is -0.258 e. The zero-order valence-electron chi connectivity index (χ0n) is 6.98. The molecule has 15 heavy (non-hydrogen) atoms. The number of nitrogens with zero attached hydrogens (tertiary/aromatic N) is 1. The standard InChI is InChI=1S/C6H4BrClN2O4S/c7-4-1-3(10(11)12)2-5(6(4)8)15(9,13)14/h1-2H,(H2,9,13,14). The van der Waals surface area contributed by atoms with Crippen LogP contribution in [-0.4, -0.2) is 13.3 Å². The van der Waals surface area contributed by atoms with E-state index in [4.69, 9.17) is 16.7 Å². The first kappa shape index (κ1) is 12.4. The summed E-state index contributed by atoms with van der Waals surface area (Å²) in [6.07, 6.45) is 0. The van der Waals surface area contributed by atoms with Crippen molar-refractivity contribution < 1.29 is 13.3 Å². The van der Waals surface area contributed by atoms with E-state index in [0.717, 1.165) is 12.1 Å². The number of sulfonamides is 1. The fourth-order valence-electron chi connectivity index (χ4n) is 0.863. The summed E-state index contributed by atoms with van der Waals surface area (Å²) in [6, 6.07) is 1.90. The normalized spacial score (nSPS) is 11.4. The molecule has 1 aromatic carbocycles. The third-order valence-electron chi connectivity index (χ3n) is 1.50. The van der Waals surface area contributed by atoms with Crippen LogP contribution in [0.1, 0.15) is 0 Å². The Kier molecular flexibility index (Phi) is 3.34. The van der Waals surface area contributed by atoms with E-state index in [2.05, 4.69) is 15.9 Å². The molecule has 0 spiro atoms. The fourth-order valence-corrected chi connectivity index (χ4v) is 2.52. The van der Waals surface area contributed by atoms with E-state index >= 15 is 0 Å². The van der Waals surface area contributed by atoms with E-state index in [1.807, 2.05) is 0 Å². The molecule has 1 aromatic rings. The number of hydrogen-bond donors (Lipinski definition) is 1. The number of nitro groups is 1. The van der Waals surface area contributed by atoms with Gasteiger partial charge in [0.15, 0.2) is 0 Å². The van der Waals surface area contributed by atoms with Crippen LogP contribution in [0.15, 0.2) is 21.5 Å². The molecular weight excluding hydrogens is 312 g/mol. The van der Waals surface area contributed by atoms with Gasteiger partial charge < -0.3 is 0 Å². The maximum atomic E-state index is 11.0. The molecule has 0 aliphatic heterocycles. The Bertz CT molecular complexity index is 530. The van der Waals surface area contributed by atoms with Crippen molar-refractivity contribution in [3.8, 4) is 0 Å². The number of benzene rings is 1. The zero-order valence-corrected chi connectivity index (χ0v) is 10.1. The number of halogens is 2. The van der Waals surface area contributed by atoms with Crippen LogP contribution in [0.25, 0.3) is 0 Å². The maximum Gasteiger partial charge on any atom is 0.272 e. The van der Waals surface area contributed by atoms with Crippen molar-refractivity contribution in [3.63, 3.8) is 0 Å². The van der Waals surface area contributed by atoms with Gasteiger partial charge in [0.1, 0.15) is 4.90 Å². The minimum absolute atomic E-state index is 0.0994. The molecule has 6 nitrogen and oxygen atoms in total. The van der Waals surface area contributed by atoms with Gasteiger partial charge in [0.05, 0.1) is 9.95 Å². The summed E-state index contributed by atoms with van der Waals surface area (Å²) in [5, 5.41) is 15.1. The van der Waals surface area contributed by atoms with Gasteiger partial charge >= 0.3 is 0 Å². The largest absolute Gasteiger partial charge is 0.272 e. The van der Waals surface area contributed by atoms with Gasteiger partial charge in [-0.05, 0) is 15.9 Å². The van der Waals surface area contributed by atoms with Gasteiger partial charge in [-0.1, -0.05) is 11.6 Å². The van der Waals surface area contributed by atoms with E-state index < -0.39 is 25.5 Å². The highest BCUT2D eigenvalue weighted by molar-refractivity contribution is 9.10. The highest BCUT2D eigenvalue weighted by Crippen LogP contribution is 2.33. The molecule has 0 bridgehead atoms. The molecule has 9 heteroatoms. The molecule has 0 amide bonds. The van der Waals surface area contributed by atoms with Crippen molar-refractivity contribution in [2.24, 2.45) is 5.14 Å². The Morgan fingerprint density at radius 3 is 2.40 bits per heavy atom. The number of primary sulfonamides is 1. The van der Waals surface area contributed by atoms with Crippen molar-refractivity contribution in [2.75, 3.05) is 0 Å². The van der Waals surface area contributed by atoms with Gasteiger partial charge in [0, 0.05) is 16.6 Å². The van der Waals surface area contributed by atoms with Gasteiger partial charge in [0.25, 0.3) is 5.69 Å². The molecular formula is C6H4BrClN2O4S. The molecule has 1 rings (SSSR count). The molecule has 0 saturated heterocycles. The second-order valence-corrected chi connectivity index (χ2v) is 5.30. The third kappa shape index (κ3) is 2.65. The lowest BCUT2D eigenvalue weighted by Gasteiger charge is -2.03. The van der Waals surface area contributed by atoms with Gasteiger partial charge in [-0.2, -0.15) is 0 Å². The summed E-state index contributed by atoms with van der Waals surface area (Å²) < 4.78 is 22.2. The maximum absolute atomic E-state index is 11.0. The van der Waals surface area contributed by atoms with E-state index in [0.29, 0.717) is 0 Å². The lowest BCUT2D eigenvalue weighted by molar-refractivity contribution is -0.385. The number of non-ortho nitro benzene ring substituents is 1. The highest BCUT2D eigenvalue weighted by atomic mass is 79.9. The second kappa shape index (κ2) is 4.05. The monoisotopic (exact) mass is 314 g/mol. The summed E-state index contributed by atoms with van der Waals surface area (Å²) in [4.78, 5) is 9.23. The van der Waals surface area contributed by atoms with Crippen LogP contribution in [0.3, 0.4) is 0 Å². The predicted octanol–water partition coefficient (Wildman–Crippen LogP) is 1.66. The molecule has 0 unspecified atom stereocenters. The smallest absolute Gasteiger partial charge is 0.258 e. The Morgan fingerprint density at radius 2 is 2.00 bits per heavy atom. The van der Waals surface area contributed by atoms with Gasteiger partial charge in [0.2, 0.25) is 10.0 Å². The quantitative estimate of drug-likeness (QED) is 0.662. The van der Waals surface area contributed by atoms with Crippen LogP contribution in [0.4, 0.5) is 5.69 Å². The van der Waals surface area contributed by atoms with E-state index in [1.165, 1.54) is 0 Å². The topological polar surface area (TPSA) is 103 Å². The molecule has 0 fully saturated rings. The number of rotatable bonds is 2. The van der Waals surface area contributed by atoms with E-state index in [9.17, 15) is 18.5 Å². The molecule has 0 aliphatic rings. The lowest BCUT2D eigenvalue weighted by Crippen LogP contribution is -2.13. The van der Waals surface area contributed by atoms with Crippen LogP contribution in [0.5, 0.6) is 0 Å². The van der Waals surface area contributed by atoms with Gasteiger partial charge in [-0.25, -0.2) is 13.6 Å². The van der Waals surface area contributed by atoms with Crippen LogP contribution in [-0.2, 0) is 10.0 Å². The summed E-state index contributed by atoms with van der Waals surface area (Å²) >= 11 is 8.53. The first-order chi connectivity index (χ1) is 6.73. The minimum atomic E-state index is -4.08. The Balaban J connectivity index is 3.59. The zero-order chi connectivity index (χ0) is 11.8. The fraction of sp³-hybridized carbons (Fsp3) is 0. The van der Waals surface area contributed by atoms with Crippen molar-refractivity contribution >= 4 is 43.2 Å². The summed E-state index contributed by atoms with van der Waals surface area (Å²) in [6.45, 7) is 0. The summed E-state index contributed by atoms with van der Waals surface area (Å²) in [7, 11) is -4.08.